The topological polar surface area (TPSA) is 52.7 Å². The van der Waals surface area contributed by atoms with Crippen LogP contribution in [0.15, 0.2) is 18.2 Å². The third-order valence-electron chi connectivity index (χ3n) is 4.50. The molecular formula is C17H21ClF3N3O2. The van der Waals surface area contributed by atoms with Crippen LogP contribution in [0.5, 0.6) is 0 Å². The van der Waals surface area contributed by atoms with Crippen molar-refractivity contribution in [3.05, 3.63) is 29.3 Å². The van der Waals surface area contributed by atoms with Crippen molar-refractivity contribution in [2.24, 2.45) is 0 Å². The molecule has 2 aliphatic rings. The molecule has 0 atom stereocenters. The zero-order chi connectivity index (χ0) is 18.0. The van der Waals surface area contributed by atoms with Crippen molar-refractivity contribution in [3.63, 3.8) is 0 Å². The smallest absolute Gasteiger partial charge is 0.337 e. The lowest BCUT2D eigenvalue weighted by Crippen LogP contribution is -2.34. The zero-order valence-electron chi connectivity index (χ0n) is 14.1. The first-order valence-electron chi connectivity index (χ1n) is 8.39. The molecule has 26 heavy (non-hydrogen) atoms. The quantitative estimate of drug-likeness (QED) is 0.843. The van der Waals surface area contributed by atoms with Gasteiger partial charge in [0.25, 0.3) is 5.91 Å². The average molecular weight is 392 g/mol. The second-order valence-electron chi connectivity index (χ2n) is 6.31. The van der Waals surface area contributed by atoms with Crippen molar-refractivity contribution >= 4 is 29.9 Å². The third-order valence-corrected chi connectivity index (χ3v) is 4.50. The summed E-state index contributed by atoms with van der Waals surface area (Å²) in [6.07, 6.45) is -2.90. The predicted molar refractivity (Wildman–Crippen MR) is 93.7 cm³/mol. The Balaban J connectivity index is 0.00000243. The highest BCUT2D eigenvalue weighted by Crippen LogP contribution is 2.34. The van der Waals surface area contributed by atoms with Crippen LogP contribution >= 0.6 is 12.4 Å². The van der Waals surface area contributed by atoms with E-state index in [-0.39, 0.29) is 29.6 Å². The lowest BCUT2D eigenvalue weighted by molar-refractivity contribution is -0.137. The molecular weight excluding hydrogens is 371 g/mol. The Morgan fingerprint density at radius 1 is 1.04 bits per heavy atom. The SMILES string of the molecule is Cl.O=C(c1cc(N2CCCC2=O)cc(C(F)(F)F)c1)N1CCCNCC1. The Kier molecular flexibility index (Phi) is 6.52. The summed E-state index contributed by atoms with van der Waals surface area (Å²) in [4.78, 5) is 27.5. The Hall–Kier alpha value is -1.80. The number of rotatable bonds is 2. The summed E-state index contributed by atoms with van der Waals surface area (Å²) in [7, 11) is 0. The molecule has 2 aliphatic heterocycles. The molecule has 0 bridgehead atoms. The van der Waals surface area contributed by atoms with Gasteiger partial charge in [0.1, 0.15) is 0 Å². The van der Waals surface area contributed by atoms with Gasteiger partial charge in [-0.25, -0.2) is 0 Å². The number of hydrogen-bond donors (Lipinski definition) is 1. The van der Waals surface area contributed by atoms with Crippen molar-refractivity contribution in [1.29, 1.82) is 0 Å². The van der Waals surface area contributed by atoms with Crippen molar-refractivity contribution in [1.82, 2.24) is 10.2 Å². The van der Waals surface area contributed by atoms with E-state index in [0.717, 1.165) is 25.1 Å². The number of carbonyl (C=O) groups is 2. The maximum absolute atomic E-state index is 13.3. The van der Waals surface area contributed by atoms with E-state index in [9.17, 15) is 22.8 Å². The minimum Gasteiger partial charge on any atom is -0.337 e. The zero-order valence-corrected chi connectivity index (χ0v) is 15.0. The first-order chi connectivity index (χ1) is 11.9. The van der Waals surface area contributed by atoms with Gasteiger partial charge in [-0.15, -0.1) is 12.4 Å². The fraction of sp³-hybridized carbons (Fsp3) is 0.529. The van der Waals surface area contributed by atoms with Gasteiger partial charge in [0.05, 0.1) is 5.56 Å². The van der Waals surface area contributed by atoms with E-state index in [1.807, 2.05) is 0 Å². The molecule has 0 radical (unpaired) electrons. The van der Waals surface area contributed by atoms with Crippen LogP contribution in [0.25, 0.3) is 0 Å². The maximum atomic E-state index is 13.3. The summed E-state index contributed by atoms with van der Waals surface area (Å²) in [5.41, 5.74) is -0.777. The molecule has 2 fully saturated rings. The van der Waals surface area contributed by atoms with Gasteiger partial charge in [0.2, 0.25) is 5.91 Å². The number of benzene rings is 1. The number of halogens is 4. The van der Waals surface area contributed by atoms with Gasteiger partial charge < -0.3 is 15.1 Å². The Labute approximate surface area is 155 Å². The highest BCUT2D eigenvalue weighted by atomic mass is 35.5. The minimum atomic E-state index is -4.58. The molecule has 9 heteroatoms. The van der Waals surface area contributed by atoms with Crippen molar-refractivity contribution in [2.45, 2.75) is 25.4 Å². The molecule has 3 rings (SSSR count). The number of nitrogens with one attached hydrogen (secondary N) is 1. The molecule has 1 aromatic rings. The summed E-state index contributed by atoms with van der Waals surface area (Å²) in [6.45, 7) is 2.72. The number of alkyl halides is 3. The molecule has 2 amide bonds. The van der Waals surface area contributed by atoms with E-state index in [0.29, 0.717) is 39.0 Å². The first kappa shape index (κ1) is 20.5. The van der Waals surface area contributed by atoms with E-state index in [2.05, 4.69) is 5.32 Å². The molecule has 1 N–H and O–H groups in total. The minimum absolute atomic E-state index is 0. The van der Waals surface area contributed by atoms with Crippen LogP contribution in [0.3, 0.4) is 0 Å². The molecule has 0 aromatic heterocycles. The normalized spacial score (nSPS) is 18.5. The highest BCUT2D eigenvalue weighted by Gasteiger charge is 2.34. The van der Waals surface area contributed by atoms with Crippen LogP contribution in [0.4, 0.5) is 18.9 Å². The molecule has 0 unspecified atom stereocenters. The van der Waals surface area contributed by atoms with Gasteiger partial charge in [-0.1, -0.05) is 0 Å². The molecule has 1 aromatic carbocycles. The average Bonchev–Trinajstić information content (AvgIpc) is 2.83. The summed E-state index contributed by atoms with van der Waals surface area (Å²) in [6, 6.07) is 3.23. The lowest BCUT2D eigenvalue weighted by atomic mass is 10.1. The summed E-state index contributed by atoms with van der Waals surface area (Å²) in [5, 5.41) is 3.15. The summed E-state index contributed by atoms with van der Waals surface area (Å²) >= 11 is 0. The summed E-state index contributed by atoms with van der Waals surface area (Å²) in [5.74, 6) is -0.639. The largest absolute Gasteiger partial charge is 0.416 e. The van der Waals surface area contributed by atoms with Crippen LogP contribution in [0.2, 0.25) is 0 Å². The molecule has 5 nitrogen and oxygen atoms in total. The number of amides is 2. The molecule has 0 aliphatic carbocycles. The third kappa shape index (κ3) is 4.48. The molecule has 0 spiro atoms. The summed E-state index contributed by atoms with van der Waals surface area (Å²) < 4.78 is 39.8. The van der Waals surface area contributed by atoms with Gasteiger partial charge in [0.15, 0.2) is 0 Å². The Morgan fingerprint density at radius 2 is 1.81 bits per heavy atom. The second-order valence-corrected chi connectivity index (χ2v) is 6.31. The van der Waals surface area contributed by atoms with Gasteiger partial charge >= 0.3 is 6.18 Å². The maximum Gasteiger partial charge on any atom is 0.416 e. The van der Waals surface area contributed by atoms with E-state index >= 15 is 0 Å². The van der Waals surface area contributed by atoms with Gasteiger partial charge in [-0.2, -0.15) is 13.2 Å². The number of anilines is 1. The van der Waals surface area contributed by atoms with E-state index in [4.69, 9.17) is 0 Å². The van der Waals surface area contributed by atoms with E-state index in [1.165, 1.54) is 11.0 Å². The molecule has 144 valence electrons. The highest BCUT2D eigenvalue weighted by molar-refractivity contribution is 5.99. The predicted octanol–water partition coefficient (Wildman–Crippen LogP) is 2.69. The van der Waals surface area contributed by atoms with E-state index in [1.54, 1.807) is 4.90 Å². The van der Waals surface area contributed by atoms with Crippen LogP contribution < -0.4 is 10.2 Å². The van der Waals surface area contributed by atoms with Crippen LogP contribution in [0.1, 0.15) is 35.2 Å². The lowest BCUT2D eigenvalue weighted by Gasteiger charge is -2.23. The standard InChI is InChI=1S/C17H20F3N3O2.ClH/c18-17(19,20)13-9-12(16(25)22-6-2-4-21-5-8-22)10-14(11-13)23-7-1-3-15(23)24;/h9-11,21H,1-8H2;1H. The van der Waals surface area contributed by atoms with Crippen molar-refractivity contribution < 1.29 is 22.8 Å². The van der Waals surface area contributed by atoms with Crippen molar-refractivity contribution in [2.75, 3.05) is 37.6 Å². The fourth-order valence-corrected chi connectivity index (χ4v) is 3.21. The Bertz CT molecular complexity index is 674. The monoisotopic (exact) mass is 391 g/mol. The molecule has 0 saturated carbocycles. The van der Waals surface area contributed by atoms with Crippen LogP contribution in [-0.4, -0.2) is 49.4 Å². The second kappa shape index (κ2) is 8.26. The fourth-order valence-electron chi connectivity index (χ4n) is 3.21. The van der Waals surface area contributed by atoms with Gasteiger partial charge in [-0.05, 0) is 37.6 Å². The van der Waals surface area contributed by atoms with Gasteiger partial charge in [0, 0.05) is 43.9 Å². The van der Waals surface area contributed by atoms with Crippen LogP contribution in [0, 0.1) is 0 Å². The van der Waals surface area contributed by atoms with Gasteiger partial charge in [-0.3, -0.25) is 9.59 Å². The number of carbonyl (C=O) groups excluding carboxylic acids is 2. The molecule has 2 heterocycles. The number of nitrogens with zero attached hydrogens (tertiary/aromatic N) is 2. The van der Waals surface area contributed by atoms with Crippen LogP contribution in [-0.2, 0) is 11.0 Å². The van der Waals surface area contributed by atoms with Crippen molar-refractivity contribution in [3.8, 4) is 0 Å². The first-order valence-corrected chi connectivity index (χ1v) is 8.39. The molecule has 2 saturated heterocycles. The Morgan fingerprint density at radius 3 is 2.46 bits per heavy atom. The van der Waals surface area contributed by atoms with E-state index < -0.39 is 17.6 Å². The number of hydrogen-bond acceptors (Lipinski definition) is 3.